The fourth-order valence-corrected chi connectivity index (χ4v) is 1.65. The van der Waals surface area contributed by atoms with Gasteiger partial charge >= 0.3 is 0 Å². The quantitative estimate of drug-likeness (QED) is 0.649. The largest absolute Gasteiger partial charge is 0.353 e. The zero-order valence-corrected chi connectivity index (χ0v) is 10.6. The fraction of sp³-hybridized carbons (Fsp3) is 0.917. The number of hydrogen-bond acceptors (Lipinski definition) is 2. The van der Waals surface area contributed by atoms with Crippen molar-refractivity contribution >= 4 is 5.91 Å². The van der Waals surface area contributed by atoms with E-state index in [2.05, 4.69) is 38.3 Å². The lowest BCUT2D eigenvalue weighted by Gasteiger charge is -2.16. The van der Waals surface area contributed by atoms with E-state index in [1.54, 1.807) is 0 Å². The highest BCUT2D eigenvalue weighted by molar-refractivity contribution is 5.78. The van der Waals surface area contributed by atoms with E-state index >= 15 is 0 Å². The number of nitrogens with one attached hydrogen (secondary N) is 2. The van der Waals surface area contributed by atoms with Crippen LogP contribution in [-0.2, 0) is 4.79 Å². The number of carbonyl (C=O) groups excluding carboxylic acids is 1. The Morgan fingerprint density at radius 1 is 1.20 bits per heavy atom. The van der Waals surface area contributed by atoms with Crippen LogP contribution in [0.3, 0.4) is 0 Å². The monoisotopic (exact) mass is 214 g/mol. The van der Waals surface area contributed by atoms with Crippen molar-refractivity contribution in [2.24, 2.45) is 0 Å². The molecule has 0 spiro atoms. The average Bonchev–Trinajstić information content (AvgIpc) is 2.19. The van der Waals surface area contributed by atoms with E-state index in [0.29, 0.717) is 18.6 Å². The van der Waals surface area contributed by atoms with Crippen molar-refractivity contribution in [2.75, 3.05) is 6.54 Å². The standard InChI is InChI=1S/C12H26N2O/c1-5-8-10(4)14-12(15)9-13-11(6-2)7-3/h10-11,13H,5-9H2,1-4H3,(H,14,15). The highest BCUT2D eigenvalue weighted by Gasteiger charge is 2.08. The van der Waals surface area contributed by atoms with Gasteiger partial charge in [-0.1, -0.05) is 27.2 Å². The third-order valence-corrected chi connectivity index (χ3v) is 2.67. The van der Waals surface area contributed by atoms with Crippen LogP contribution in [0.5, 0.6) is 0 Å². The van der Waals surface area contributed by atoms with E-state index in [9.17, 15) is 4.79 Å². The lowest BCUT2D eigenvalue weighted by atomic mass is 10.1. The maximum Gasteiger partial charge on any atom is 0.234 e. The molecule has 0 aliphatic rings. The van der Waals surface area contributed by atoms with Crippen molar-refractivity contribution in [3.8, 4) is 0 Å². The van der Waals surface area contributed by atoms with Crippen LogP contribution in [0.15, 0.2) is 0 Å². The van der Waals surface area contributed by atoms with Crippen LogP contribution in [-0.4, -0.2) is 24.5 Å². The first-order valence-electron chi connectivity index (χ1n) is 6.16. The van der Waals surface area contributed by atoms with Crippen LogP contribution < -0.4 is 10.6 Å². The van der Waals surface area contributed by atoms with Crippen LogP contribution >= 0.6 is 0 Å². The summed E-state index contributed by atoms with van der Waals surface area (Å²) < 4.78 is 0. The predicted octanol–water partition coefficient (Wildman–Crippen LogP) is 2.07. The minimum Gasteiger partial charge on any atom is -0.353 e. The number of carbonyl (C=O) groups is 1. The van der Waals surface area contributed by atoms with Crippen LogP contribution in [0.2, 0.25) is 0 Å². The third kappa shape index (κ3) is 7.37. The van der Waals surface area contributed by atoms with Crippen molar-refractivity contribution in [3.05, 3.63) is 0 Å². The smallest absolute Gasteiger partial charge is 0.234 e. The third-order valence-electron chi connectivity index (χ3n) is 2.67. The molecule has 0 aromatic heterocycles. The molecule has 0 aliphatic carbocycles. The van der Waals surface area contributed by atoms with Crippen molar-refractivity contribution in [1.29, 1.82) is 0 Å². The summed E-state index contributed by atoms with van der Waals surface area (Å²) >= 11 is 0. The Kier molecular flexibility index (Phi) is 8.38. The summed E-state index contributed by atoms with van der Waals surface area (Å²) in [6.45, 7) is 8.90. The van der Waals surface area contributed by atoms with Gasteiger partial charge in [-0.2, -0.15) is 0 Å². The molecule has 0 aliphatic heterocycles. The summed E-state index contributed by atoms with van der Waals surface area (Å²) in [5, 5.41) is 6.24. The number of hydrogen-bond donors (Lipinski definition) is 2. The first-order valence-corrected chi connectivity index (χ1v) is 6.16. The minimum atomic E-state index is 0.114. The molecule has 0 saturated carbocycles. The molecule has 0 aromatic rings. The van der Waals surface area contributed by atoms with E-state index in [1.807, 2.05) is 0 Å². The molecule has 0 fully saturated rings. The molecule has 3 heteroatoms. The van der Waals surface area contributed by atoms with Gasteiger partial charge in [0.1, 0.15) is 0 Å². The summed E-state index contributed by atoms with van der Waals surface area (Å²) in [6, 6.07) is 0.767. The van der Waals surface area contributed by atoms with E-state index < -0.39 is 0 Å². The van der Waals surface area contributed by atoms with Gasteiger partial charge in [-0.05, 0) is 26.2 Å². The van der Waals surface area contributed by atoms with Gasteiger partial charge in [0, 0.05) is 12.1 Å². The number of amides is 1. The molecule has 1 atom stereocenters. The molecule has 0 aromatic carbocycles. The lowest BCUT2D eigenvalue weighted by Crippen LogP contribution is -2.42. The van der Waals surface area contributed by atoms with Crippen molar-refractivity contribution in [1.82, 2.24) is 10.6 Å². The maximum absolute atomic E-state index is 11.5. The normalized spacial score (nSPS) is 12.9. The Bertz CT molecular complexity index is 167. The van der Waals surface area contributed by atoms with Gasteiger partial charge in [0.15, 0.2) is 0 Å². The molecule has 1 amide bonds. The summed E-state index contributed by atoms with van der Waals surface area (Å²) in [5.41, 5.74) is 0. The molecule has 2 N–H and O–H groups in total. The Balaban J connectivity index is 3.64. The van der Waals surface area contributed by atoms with Crippen LogP contribution in [0, 0.1) is 0 Å². The molecule has 0 radical (unpaired) electrons. The van der Waals surface area contributed by atoms with Crippen LogP contribution in [0.25, 0.3) is 0 Å². The first kappa shape index (κ1) is 14.4. The summed E-state index contributed by atoms with van der Waals surface area (Å²) in [6.07, 6.45) is 4.32. The van der Waals surface area contributed by atoms with Gasteiger partial charge in [0.2, 0.25) is 5.91 Å². The second-order valence-corrected chi connectivity index (χ2v) is 4.15. The van der Waals surface area contributed by atoms with Gasteiger partial charge in [0.05, 0.1) is 6.54 Å². The summed E-state index contributed by atoms with van der Waals surface area (Å²) in [5.74, 6) is 0.114. The molecule has 0 bridgehead atoms. The van der Waals surface area contributed by atoms with E-state index in [-0.39, 0.29) is 5.91 Å². The van der Waals surface area contributed by atoms with Crippen LogP contribution in [0.1, 0.15) is 53.4 Å². The highest BCUT2D eigenvalue weighted by atomic mass is 16.1. The Hall–Kier alpha value is -0.570. The average molecular weight is 214 g/mol. The Labute approximate surface area is 94.0 Å². The molecular weight excluding hydrogens is 188 g/mol. The molecular formula is C12H26N2O. The summed E-state index contributed by atoms with van der Waals surface area (Å²) in [4.78, 5) is 11.5. The van der Waals surface area contributed by atoms with E-state index in [4.69, 9.17) is 0 Å². The molecule has 1 unspecified atom stereocenters. The van der Waals surface area contributed by atoms with E-state index in [0.717, 1.165) is 25.7 Å². The zero-order valence-electron chi connectivity index (χ0n) is 10.6. The zero-order chi connectivity index (χ0) is 11.7. The van der Waals surface area contributed by atoms with Crippen molar-refractivity contribution in [3.63, 3.8) is 0 Å². The fourth-order valence-electron chi connectivity index (χ4n) is 1.65. The lowest BCUT2D eigenvalue weighted by molar-refractivity contribution is -0.121. The summed E-state index contributed by atoms with van der Waals surface area (Å²) in [7, 11) is 0. The van der Waals surface area contributed by atoms with Gasteiger partial charge in [-0.25, -0.2) is 0 Å². The number of rotatable bonds is 8. The SMILES string of the molecule is CCCC(C)NC(=O)CNC(CC)CC. The molecule has 0 rings (SSSR count). The van der Waals surface area contributed by atoms with Gasteiger partial charge in [-0.15, -0.1) is 0 Å². The second kappa shape index (κ2) is 8.72. The Morgan fingerprint density at radius 2 is 1.80 bits per heavy atom. The molecule has 90 valence electrons. The highest BCUT2D eigenvalue weighted by Crippen LogP contribution is 1.96. The van der Waals surface area contributed by atoms with Gasteiger partial charge < -0.3 is 10.6 Å². The van der Waals surface area contributed by atoms with E-state index in [1.165, 1.54) is 0 Å². The van der Waals surface area contributed by atoms with Crippen molar-refractivity contribution < 1.29 is 4.79 Å². The van der Waals surface area contributed by atoms with Gasteiger partial charge in [-0.3, -0.25) is 4.79 Å². The predicted molar refractivity (Wildman–Crippen MR) is 64.9 cm³/mol. The second-order valence-electron chi connectivity index (χ2n) is 4.15. The molecule has 15 heavy (non-hydrogen) atoms. The maximum atomic E-state index is 11.5. The van der Waals surface area contributed by atoms with Gasteiger partial charge in [0.25, 0.3) is 0 Å². The van der Waals surface area contributed by atoms with Crippen LogP contribution in [0.4, 0.5) is 0 Å². The molecule has 0 saturated heterocycles. The minimum absolute atomic E-state index is 0.114. The Morgan fingerprint density at radius 3 is 2.27 bits per heavy atom. The first-order chi connectivity index (χ1) is 7.13. The molecule has 3 nitrogen and oxygen atoms in total. The topological polar surface area (TPSA) is 41.1 Å². The molecule has 0 heterocycles. The van der Waals surface area contributed by atoms with Crippen molar-refractivity contribution in [2.45, 2.75) is 65.5 Å².